The lowest BCUT2D eigenvalue weighted by Gasteiger charge is -2.40. The summed E-state index contributed by atoms with van der Waals surface area (Å²) in [7, 11) is 0. The first-order chi connectivity index (χ1) is 14.3. The second-order valence-electron chi connectivity index (χ2n) is 7.94. The molecule has 168 valence electrons. The SMILES string of the molecule is CC(C)(C)N(C[C@H](Cc1ccccc1C(F)(F)F)NC(=O)c1ccc(Br)cn1)C(=O)[O-]. The number of aromatic nitrogens is 1. The van der Waals surface area contributed by atoms with Crippen LogP contribution in [0.1, 0.15) is 42.4 Å². The van der Waals surface area contributed by atoms with E-state index in [-0.39, 0.29) is 24.2 Å². The van der Waals surface area contributed by atoms with Crippen LogP contribution < -0.4 is 10.4 Å². The molecule has 0 saturated heterocycles. The second-order valence-corrected chi connectivity index (χ2v) is 8.85. The van der Waals surface area contributed by atoms with Crippen LogP contribution in [0.2, 0.25) is 0 Å². The van der Waals surface area contributed by atoms with E-state index in [2.05, 4.69) is 26.2 Å². The zero-order valence-electron chi connectivity index (χ0n) is 17.2. The lowest BCUT2D eigenvalue weighted by molar-refractivity contribution is -0.270. The van der Waals surface area contributed by atoms with Crippen LogP contribution >= 0.6 is 15.9 Å². The van der Waals surface area contributed by atoms with Crippen LogP contribution in [0.5, 0.6) is 0 Å². The van der Waals surface area contributed by atoms with E-state index < -0.39 is 35.3 Å². The van der Waals surface area contributed by atoms with Crippen molar-refractivity contribution in [3.05, 3.63) is 63.9 Å². The fraction of sp³-hybridized carbons (Fsp3) is 0.381. The standard InChI is InChI=1S/C21H23BrF3N3O3/c1-20(2,3)28(19(30)31)12-15(27-18(29)17-9-8-14(22)11-26-17)10-13-6-4-5-7-16(13)21(23,24)25/h4-9,11,15H,10,12H2,1-3H3,(H,27,29)(H,30,31)/p-1/t15-/m0/s1. The number of carbonyl (C=O) groups is 2. The topological polar surface area (TPSA) is 85.4 Å². The van der Waals surface area contributed by atoms with Gasteiger partial charge in [0, 0.05) is 22.8 Å². The van der Waals surface area contributed by atoms with Crippen LogP contribution in [-0.4, -0.2) is 40.0 Å². The lowest BCUT2D eigenvalue weighted by Crippen LogP contribution is -2.57. The van der Waals surface area contributed by atoms with Crippen molar-refractivity contribution >= 4 is 27.9 Å². The highest BCUT2D eigenvalue weighted by molar-refractivity contribution is 9.10. The van der Waals surface area contributed by atoms with E-state index in [1.165, 1.54) is 30.5 Å². The molecule has 0 fully saturated rings. The summed E-state index contributed by atoms with van der Waals surface area (Å²) < 4.78 is 40.9. The van der Waals surface area contributed by atoms with Gasteiger partial charge >= 0.3 is 6.18 Å². The number of alkyl halides is 3. The minimum absolute atomic E-state index is 0.0491. The van der Waals surface area contributed by atoms with Gasteiger partial charge in [-0.15, -0.1) is 0 Å². The Kier molecular flexibility index (Phi) is 7.69. The van der Waals surface area contributed by atoms with Gasteiger partial charge in [-0.2, -0.15) is 13.2 Å². The van der Waals surface area contributed by atoms with Crippen LogP contribution in [0.15, 0.2) is 47.1 Å². The van der Waals surface area contributed by atoms with Crippen molar-refractivity contribution in [2.24, 2.45) is 0 Å². The molecule has 0 aliphatic heterocycles. The molecular weight excluding hydrogens is 479 g/mol. The second kappa shape index (κ2) is 9.67. The molecule has 10 heteroatoms. The Morgan fingerprint density at radius 3 is 2.32 bits per heavy atom. The lowest BCUT2D eigenvalue weighted by atomic mass is 9.97. The van der Waals surface area contributed by atoms with E-state index in [9.17, 15) is 27.9 Å². The van der Waals surface area contributed by atoms with E-state index in [0.717, 1.165) is 11.0 Å². The summed E-state index contributed by atoms with van der Waals surface area (Å²) in [5.74, 6) is -0.630. The van der Waals surface area contributed by atoms with Gasteiger partial charge in [-0.3, -0.25) is 4.79 Å². The number of benzene rings is 1. The van der Waals surface area contributed by atoms with Crippen LogP contribution in [-0.2, 0) is 12.6 Å². The van der Waals surface area contributed by atoms with Crippen molar-refractivity contribution in [3.63, 3.8) is 0 Å². The minimum Gasteiger partial charge on any atom is -0.530 e. The van der Waals surface area contributed by atoms with Crippen molar-refractivity contribution in [2.75, 3.05) is 6.54 Å². The molecule has 0 unspecified atom stereocenters. The van der Waals surface area contributed by atoms with E-state index in [1.54, 1.807) is 26.8 Å². The van der Waals surface area contributed by atoms with E-state index >= 15 is 0 Å². The molecule has 31 heavy (non-hydrogen) atoms. The molecule has 1 heterocycles. The summed E-state index contributed by atoms with van der Waals surface area (Å²) in [5, 5.41) is 14.3. The van der Waals surface area contributed by atoms with Crippen molar-refractivity contribution in [1.29, 1.82) is 0 Å². The molecule has 2 rings (SSSR count). The Morgan fingerprint density at radius 1 is 1.16 bits per heavy atom. The third kappa shape index (κ3) is 6.95. The predicted molar refractivity (Wildman–Crippen MR) is 110 cm³/mol. The Bertz CT molecular complexity index is 928. The van der Waals surface area contributed by atoms with Crippen LogP contribution in [0.3, 0.4) is 0 Å². The molecule has 0 bridgehead atoms. The largest absolute Gasteiger partial charge is 0.530 e. The summed E-state index contributed by atoms with van der Waals surface area (Å²) in [6.45, 7) is 4.62. The summed E-state index contributed by atoms with van der Waals surface area (Å²) in [6, 6.07) is 7.07. The Morgan fingerprint density at radius 2 is 1.81 bits per heavy atom. The van der Waals surface area contributed by atoms with Gasteiger partial charge in [-0.1, -0.05) is 18.2 Å². The molecule has 2 amide bonds. The number of hydrogen-bond acceptors (Lipinski definition) is 4. The van der Waals surface area contributed by atoms with Gasteiger partial charge in [-0.25, -0.2) is 4.98 Å². The zero-order chi connectivity index (χ0) is 23.4. The first-order valence-electron chi connectivity index (χ1n) is 9.35. The number of carboxylic acid groups (broad SMARTS) is 1. The number of nitrogens with zero attached hydrogens (tertiary/aromatic N) is 2. The molecule has 1 aromatic heterocycles. The average molecular weight is 501 g/mol. The van der Waals surface area contributed by atoms with Gasteiger partial charge in [0.15, 0.2) is 0 Å². The number of amides is 2. The predicted octanol–water partition coefficient (Wildman–Crippen LogP) is 3.65. The number of nitrogens with one attached hydrogen (secondary N) is 1. The van der Waals surface area contributed by atoms with Crippen LogP contribution in [0.4, 0.5) is 18.0 Å². The summed E-state index contributed by atoms with van der Waals surface area (Å²) in [6.07, 6.45) is -4.91. The van der Waals surface area contributed by atoms with Gasteiger partial charge < -0.3 is 20.1 Å². The van der Waals surface area contributed by atoms with Gasteiger partial charge in [0.1, 0.15) is 11.8 Å². The maximum absolute atomic E-state index is 13.4. The van der Waals surface area contributed by atoms with Crippen molar-refractivity contribution in [1.82, 2.24) is 15.2 Å². The number of hydrogen-bond donors (Lipinski definition) is 1. The average Bonchev–Trinajstić information content (AvgIpc) is 2.64. The quantitative estimate of drug-likeness (QED) is 0.655. The fourth-order valence-electron chi connectivity index (χ4n) is 3.01. The maximum atomic E-state index is 13.4. The van der Waals surface area contributed by atoms with Gasteiger partial charge in [0.2, 0.25) is 0 Å². The van der Waals surface area contributed by atoms with E-state index in [0.29, 0.717) is 4.47 Å². The summed E-state index contributed by atoms with van der Waals surface area (Å²) >= 11 is 3.21. The highest BCUT2D eigenvalue weighted by Gasteiger charge is 2.34. The molecule has 0 spiro atoms. The zero-order valence-corrected chi connectivity index (χ0v) is 18.8. The molecule has 1 N–H and O–H groups in total. The van der Waals surface area contributed by atoms with Crippen molar-refractivity contribution < 1.29 is 27.9 Å². The molecule has 1 atom stereocenters. The number of carbonyl (C=O) groups excluding carboxylic acids is 2. The molecule has 0 radical (unpaired) electrons. The first-order valence-corrected chi connectivity index (χ1v) is 10.1. The third-order valence-electron chi connectivity index (χ3n) is 4.52. The third-order valence-corrected chi connectivity index (χ3v) is 4.99. The molecule has 6 nitrogen and oxygen atoms in total. The molecule has 2 aromatic rings. The Balaban J connectivity index is 2.37. The number of rotatable bonds is 6. The Hall–Kier alpha value is -2.62. The highest BCUT2D eigenvalue weighted by atomic mass is 79.9. The van der Waals surface area contributed by atoms with Gasteiger partial charge in [0.25, 0.3) is 5.91 Å². The molecule has 1 aromatic carbocycles. The normalized spacial score (nSPS) is 12.9. The molecule has 0 aliphatic rings. The smallest absolute Gasteiger partial charge is 0.416 e. The maximum Gasteiger partial charge on any atom is 0.416 e. The molecular formula is C21H22BrF3N3O3-. The monoisotopic (exact) mass is 500 g/mol. The van der Waals surface area contributed by atoms with E-state index in [4.69, 9.17) is 0 Å². The minimum atomic E-state index is -4.59. The Labute approximate surface area is 186 Å². The number of pyridine rings is 1. The van der Waals surface area contributed by atoms with Crippen LogP contribution in [0.25, 0.3) is 0 Å². The number of halogens is 4. The van der Waals surface area contributed by atoms with Crippen molar-refractivity contribution in [2.45, 2.75) is 44.9 Å². The summed E-state index contributed by atoms with van der Waals surface area (Å²) in [4.78, 5) is 29.3. The fourth-order valence-corrected chi connectivity index (χ4v) is 3.25. The molecule has 0 aliphatic carbocycles. The summed E-state index contributed by atoms with van der Waals surface area (Å²) in [5.41, 5.74) is -1.74. The molecule has 0 saturated carbocycles. The van der Waals surface area contributed by atoms with Gasteiger partial charge in [-0.05, 0) is 66.9 Å². The van der Waals surface area contributed by atoms with Crippen LogP contribution in [0, 0.1) is 0 Å². The first kappa shape index (κ1) is 24.6. The van der Waals surface area contributed by atoms with E-state index in [1.807, 2.05) is 0 Å². The van der Waals surface area contributed by atoms with Gasteiger partial charge in [0.05, 0.1) is 11.6 Å². The van der Waals surface area contributed by atoms with Crippen molar-refractivity contribution in [3.8, 4) is 0 Å². The highest BCUT2D eigenvalue weighted by Crippen LogP contribution is 2.32.